The molecule has 0 radical (unpaired) electrons. The zero-order valence-corrected chi connectivity index (χ0v) is 19.9. The first-order chi connectivity index (χ1) is 12.4. The first kappa shape index (κ1) is 29.8. The van der Waals surface area contributed by atoms with E-state index in [0.29, 0.717) is 11.4 Å². The Hall–Kier alpha value is -0.970. The van der Waals surface area contributed by atoms with Gasteiger partial charge in [0.15, 0.2) is 0 Å². The van der Waals surface area contributed by atoms with Crippen LogP contribution in [-0.4, -0.2) is 21.8 Å². The lowest BCUT2D eigenvalue weighted by Gasteiger charge is -2.22. The molecule has 0 bridgehead atoms. The van der Waals surface area contributed by atoms with Crippen molar-refractivity contribution >= 4 is 10.8 Å². The number of ether oxygens (including phenoxy) is 1. The molecule has 0 spiro atoms. The number of hydrogen-bond donors (Lipinski definition) is 2. The molecule has 1 aliphatic rings. The van der Waals surface area contributed by atoms with Crippen LogP contribution in [0.15, 0.2) is 23.7 Å². The summed E-state index contributed by atoms with van der Waals surface area (Å²) in [7, 11) is -0.617. The molecule has 4 nitrogen and oxygen atoms in total. The second-order valence-electron chi connectivity index (χ2n) is 5.86. The monoisotopic (exact) mass is 390 g/mol. The van der Waals surface area contributed by atoms with Crippen molar-refractivity contribution < 1.29 is 8.95 Å². The van der Waals surface area contributed by atoms with Gasteiger partial charge < -0.3 is 10.2 Å². The quantitative estimate of drug-likeness (QED) is 0.496. The van der Waals surface area contributed by atoms with Crippen LogP contribution in [0.5, 0.6) is 0 Å². The summed E-state index contributed by atoms with van der Waals surface area (Å²) in [6, 6.07) is 0. The Morgan fingerprint density at radius 1 is 1.12 bits per heavy atom. The van der Waals surface area contributed by atoms with Gasteiger partial charge in [-0.3, -0.25) is 9.63 Å². The van der Waals surface area contributed by atoms with Gasteiger partial charge in [-0.2, -0.15) is 0 Å². The molecule has 1 rings (SSSR count). The molecule has 1 aliphatic heterocycles. The fourth-order valence-electron chi connectivity index (χ4n) is 1.72. The molecule has 0 saturated carbocycles. The summed E-state index contributed by atoms with van der Waals surface area (Å²) in [4.78, 5) is 0. The average Bonchev–Trinajstić information content (AvgIpc) is 2.65. The molecule has 1 heterocycles. The number of nitrogens with one attached hydrogen (secondary N) is 2. The average molecular weight is 391 g/mol. The van der Waals surface area contributed by atoms with E-state index in [9.17, 15) is 4.21 Å². The summed E-state index contributed by atoms with van der Waals surface area (Å²) in [5.74, 6) is 0.836. The Kier molecular flexibility index (Phi) is 25.3. The molecule has 26 heavy (non-hydrogen) atoms. The summed E-state index contributed by atoms with van der Waals surface area (Å²) in [5.41, 5.74) is 7.17. The predicted molar refractivity (Wildman–Crippen MR) is 119 cm³/mol. The lowest BCUT2D eigenvalue weighted by Crippen LogP contribution is -2.32. The molecule has 0 aromatic heterocycles. The van der Waals surface area contributed by atoms with Crippen molar-refractivity contribution in [3.63, 3.8) is 0 Å². The van der Waals surface area contributed by atoms with Crippen LogP contribution in [0.25, 0.3) is 0 Å². The van der Waals surface area contributed by atoms with Gasteiger partial charge in [-0.25, -0.2) is 0 Å². The SMILES string of the molecule is CC.CC.CC(C)S(C)=O.CCCCCC(CC)OC1=CC(C)=CNN1. The molecule has 2 atom stereocenters. The highest BCUT2D eigenvalue weighted by Crippen LogP contribution is 2.14. The van der Waals surface area contributed by atoms with Crippen LogP contribution in [0.3, 0.4) is 0 Å². The van der Waals surface area contributed by atoms with E-state index in [1.165, 1.54) is 24.8 Å². The van der Waals surface area contributed by atoms with Crippen molar-refractivity contribution in [3.8, 4) is 0 Å². The lowest BCUT2D eigenvalue weighted by atomic mass is 10.1. The number of hydrazine groups is 1. The second-order valence-corrected chi connectivity index (χ2v) is 7.80. The van der Waals surface area contributed by atoms with E-state index in [4.69, 9.17) is 4.74 Å². The zero-order valence-electron chi connectivity index (χ0n) is 19.1. The maximum Gasteiger partial charge on any atom is 0.206 e. The van der Waals surface area contributed by atoms with Crippen LogP contribution in [0.4, 0.5) is 0 Å². The number of unbranched alkanes of at least 4 members (excludes halogenated alkanes) is 2. The largest absolute Gasteiger partial charge is 0.475 e. The van der Waals surface area contributed by atoms with E-state index in [1.807, 2.05) is 53.8 Å². The number of hydrogen-bond acceptors (Lipinski definition) is 4. The Morgan fingerprint density at radius 3 is 2.04 bits per heavy atom. The van der Waals surface area contributed by atoms with Gasteiger partial charge in [0.25, 0.3) is 0 Å². The molecule has 0 aliphatic carbocycles. The normalized spacial score (nSPS) is 14.3. The van der Waals surface area contributed by atoms with E-state index >= 15 is 0 Å². The van der Waals surface area contributed by atoms with Gasteiger partial charge in [0, 0.05) is 34.6 Å². The molecule has 0 amide bonds. The van der Waals surface area contributed by atoms with Crippen molar-refractivity contribution in [2.24, 2.45) is 0 Å². The third-order valence-corrected chi connectivity index (χ3v) is 4.72. The molecule has 0 fully saturated rings. The Labute approximate surface area is 166 Å². The van der Waals surface area contributed by atoms with Gasteiger partial charge in [0.05, 0.1) is 0 Å². The first-order valence-electron chi connectivity index (χ1n) is 10.3. The van der Waals surface area contributed by atoms with E-state index in [-0.39, 0.29) is 0 Å². The summed E-state index contributed by atoms with van der Waals surface area (Å²) in [5, 5.41) is 0.324. The van der Waals surface area contributed by atoms with Crippen LogP contribution >= 0.6 is 0 Å². The number of rotatable bonds is 8. The fourth-order valence-corrected chi connectivity index (χ4v) is 1.72. The van der Waals surface area contributed by atoms with E-state index < -0.39 is 10.8 Å². The molecule has 0 saturated heterocycles. The highest BCUT2D eigenvalue weighted by molar-refractivity contribution is 7.84. The van der Waals surface area contributed by atoms with Gasteiger partial charge in [0.1, 0.15) is 6.10 Å². The Bertz CT molecular complexity index is 380. The topological polar surface area (TPSA) is 50.4 Å². The molecular formula is C21H46N2O2S. The van der Waals surface area contributed by atoms with Crippen molar-refractivity contribution in [2.75, 3.05) is 6.26 Å². The van der Waals surface area contributed by atoms with Crippen LogP contribution in [-0.2, 0) is 15.5 Å². The predicted octanol–water partition coefficient (Wildman–Crippen LogP) is 6.04. The highest BCUT2D eigenvalue weighted by atomic mass is 32.2. The lowest BCUT2D eigenvalue weighted by molar-refractivity contribution is 0.0845. The maximum atomic E-state index is 10.3. The minimum Gasteiger partial charge on any atom is -0.475 e. The summed E-state index contributed by atoms with van der Waals surface area (Å²) in [6.45, 7) is 18.3. The van der Waals surface area contributed by atoms with Gasteiger partial charge >= 0.3 is 0 Å². The van der Waals surface area contributed by atoms with Crippen LogP contribution in [0.1, 0.15) is 94.4 Å². The smallest absolute Gasteiger partial charge is 0.206 e. The number of allylic oxidation sites excluding steroid dienone is 2. The standard InChI is InChI=1S/C13H24N2O.C4H10OS.2C2H6/c1-4-6-7-8-12(5-2)16-13-9-11(3)10-14-15-13;1-4(2)6(3)5;2*1-2/h9-10,12,14-15H,4-8H2,1-3H3;4H,1-3H3;2*1-2H3. The molecule has 5 heteroatoms. The molecule has 0 aromatic carbocycles. The van der Waals surface area contributed by atoms with Crippen molar-refractivity contribution in [2.45, 2.75) is 106 Å². The molecule has 158 valence electrons. The van der Waals surface area contributed by atoms with Crippen LogP contribution < -0.4 is 10.9 Å². The van der Waals surface area contributed by atoms with Crippen molar-refractivity contribution in [3.05, 3.63) is 23.7 Å². The zero-order chi connectivity index (χ0) is 21.0. The molecule has 2 N–H and O–H groups in total. The Balaban J connectivity index is -0.000000445. The molecule has 2 unspecified atom stereocenters. The van der Waals surface area contributed by atoms with Crippen molar-refractivity contribution in [1.29, 1.82) is 0 Å². The van der Waals surface area contributed by atoms with Gasteiger partial charge in [-0.1, -0.05) is 68.2 Å². The molecular weight excluding hydrogens is 344 g/mol. The summed E-state index contributed by atoms with van der Waals surface area (Å²) in [6.07, 6.45) is 12.0. The van der Waals surface area contributed by atoms with Crippen LogP contribution in [0.2, 0.25) is 0 Å². The van der Waals surface area contributed by atoms with E-state index in [2.05, 4.69) is 31.6 Å². The minimum atomic E-state index is -0.617. The minimum absolute atomic E-state index is 0.324. The van der Waals surface area contributed by atoms with Gasteiger partial charge in [-0.05, 0) is 31.8 Å². The fraction of sp³-hybridized carbons (Fsp3) is 0.810. The summed E-state index contributed by atoms with van der Waals surface area (Å²) < 4.78 is 16.2. The van der Waals surface area contributed by atoms with Gasteiger partial charge in [-0.15, -0.1) is 0 Å². The highest BCUT2D eigenvalue weighted by Gasteiger charge is 2.10. The maximum absolute atomic E-state index is 10.3. The Morgan fingerprint density at radius 2 is 1.65 bits per heavy atom. The first-order valence-corrected chi connectivity index (χ1v) is 11.9. The third kappa shape index (κ3) is 19.4. The summed E-state index contributed by atoms with van der Waals surface area (Å²) >= 11 is 0. The third-order valence-electron chi connectivity index (χ3n) is 3.40. The molecule has 0 aromatic rings. The van der Waals surface area contributed by atoms with Gasteiger partial charge in [0.2, 0.25) is 5.88 Å². The second kappa shape index (κ2) is 22.1. The van der Waals surface area contributed by atoms with E-state index in [1.54, 1.807) is 6.26 Å². The van der Waals surface area contributed by atoms with E-state index in [0.717, 1.165) is 18.7 Å². The van der Waals surface area contributed by atoms with Crippen molar-refractivity contribution in [1.82, 2.24) is 10.9 Å². The van der Waals surface area contributed by atoms with Crippen LogP contribution in [0, 0.1) is 0 Å².